The third kappa shape index (κ3) is 4.27. The number of carbonyl (C=O) groups is 2. The summed E-state index contributed by atoms with van der Waals surface area (Å²) < 4.78 is 3.81. The number of benzene rings is 2. The van der Waals surface area contributed by atoms with Crippen molar-refractivity contribution < 1.29 is 19.8 Å². The Balaban J connectivity index is 1.32. The number of fused-ring (bicyclic) bond motifs is 2. The topological polar surface area (TPSA) is 136 Å². The van der Waals surface area contributed by atoms with Crippen molar-refractivity contribution in [3.05, 3.63) is 95.3 Å². The molecule has 4 aromatic heterocycles. The van der Waals surface area contributed by atoms with E-state index >= 15 is 0 Å². The Labute approximate surface area is 221 Å². The fourth-order valence-corrected chi connectivity index (χ4v) is 4.76. The first-order valence-corrected chi connectivity index (χ1v) is 12.1. The molecule has 0 aliphatic carbocycles. The lowest BCUT2D eigenvalue weighted by Gasteiger charge is -2.04. The smallest absolute Gasteiger partial charge is 0.354 e. The first-order valence-electron chi connectivity index (χ1n) is 12.1. The van der Waals surface area contributed by atoms with Gasteiger partial charge in [0.1, 0.15) is 22.8 Å². The number of rotatable bonds is 6. The lowest BCUT2D eigenvalue weighted by molar-refractivity contribution is 0.0680. The van der Waals surface area contributed by atoms with Crippen molar-refractivity contribution in [2.24, 2.45) is 14.1 Å². The summed E-state index contributed by atoms with van der Waals surface area (Å²) in [4.78, 5) is 40.7. The minimum Gasteiger partial charge on any atom is -0.477 e. The summed E-state index contributed by atoms with van der Waals surface area (Å²) in [5.74, 6) is -0.985. The first-order chi connectivity index (χ1) is 18.8. The van der Waals surface area contributed by atoms with Gasteiger partial charge in [0.25, 0.3) is 0 Å². The van der Waals surface area contributed by atoms with Crippen molar-refractivity contribution in [3.8, 4) is 23.0 Å². The van der Waals surface area contributed by atoms with Gasteiger partial charge in [0, 0.05) is 14.1 Å². The summed E-state index contributed by atoms with van der Waals surface area (Å²) in [5, 5.41) is 18.6. The van der Waals surface area contributed by atoms with Crippen LogP contribution in [0.4, 0.5) is 0 Å². The molecule has 6 aromatic rings. The van der Waals surface area contributed by atoms with Gasteiger partial charge in [-0.3, -0.25) is 0 Å². The third-order valence-corrected chi connectivity index (χ3v) is 6.69. The van der Waals surface area contributed by atoms with Crippen LogP contribution in [0.1, 0.15) is 32.1 Å². The largest absolute Gasteiger partial charge is 0.477 e. The average molecular weight is 519 g/mol. The monoisotopic (exact) mass is 518 g/mol. The molecule has 0 aliphatic heterocycles. The molecule has 0 atom stereocenters. The summed E-state index contributed by atoms with van der Waals surface area (Å²) in [5.41, 5.74) is 6.46. The number of hydrogen-bond acceptors (Lipinski definition) is 6. The quantitative estimate of drug-likeness (QED) is 0.327. The van der Waals surface area contributed by atoms with Crippen LogP contribution in [0.25, 0.3) is 45.1 Å². The van der Waals surface area contributed by atoms with Crippen LogP contribution in [0.15, 0.2) is 72.8 Å². The van der Waals surface area contributed by atoms with E-state index in [0.717, 1.165) is 33.2 Å². The molecular weight excluding hydrogens is 496 g/mol. The molecular formula is C29H22N6O4. The van der Waals surface area contributed by atoms with E-state index in [4.69, 9.17) is 9.97 Å². The second kappa shape index (κ2) is 9.18. The molecule has 0 saturated heterocycles. The van der Waals surface area contributed by atoms with Crippen molar-refractivity contribution in [2.75, 3.05) is 0 Å². The van der Waals surface area contributed by atoms with Gasteiger partial charge in [0.2, 0.25) is 0 Å². The van der Waals surface area contributed by atoms with E-state index in [1.54, 1.807) is 24.3 Å². The highest BCUT2D eigenvalue weighted by Gasteiger charge is 2.16. The number of imidazole rings is 2. The highest BCUT2D eigenvalue weighted by Crippen LogP contribution is 2.27. The van der Waals surface area contributed by atoms with Gasteiger partial charge in [0.05, 0.1) is 22.1 Å². The van der Waals surface area contributed by atoms with Gasteiger partial charge < -0.3 is 19.3 Å². The number of pyridine rings is 2. The van der Waals surface area contributed by atoms with Crippen LogP contribution in [0.2, 0.25) is 0 Å². The molecule has 192 valence electrons. The molecule has 10 heteroatoms. The average Bonchev–Trinajstić information content (AvgIpc) is 3.44. The number of carboxylic acids is 2. The number of aryl methyl sites for hydroxylation is 2. The molecule has 10 nitrogen and oxygen atoms in total. The minimum atomic E-state index is -1.08. The summed E-state index contributed by atoms with van der Waals surface area (Å²) in [6, 6.07) is 21.9. The normalized spacial score (nSPS) is 11.3. The van der Waals surface area contributed by atoms with Crippen LogP contribution in [0, 0.1) is 0 Å². The van der Waals surface area contributed by atoms with E-state index in [2.05, 4.69) is 9.97 Å². The predicted octanol–water partition coefficient (Wildman–Crippen LogP) is 4.57. The van der Waals surface area contributed by atoms with E-state index in [0.29, 0.717) is 29.5 Å². The van der Waals surface area contributed by atoms with Gasteiger partial charge >= 0.3 is 11.9 Å². The van der Waals surface area contributed by atoms with Crippen molar-refractivity contribution in [1.82, 2.24) is 29.1 Å². The fourth-order valence-electron chi connectivity index (χ4n) is 4.76. The maximum absolute atomic E-state index is 11.4. The molecule has 0 aliphatic rings. The first kappa shape index (κ1) is 24.0. The van der Waals surface area contributed by atoms with Crippen molar-refractivity contribution >= 4 is 34.0 Å². The van der Waals surface area contributed by atoms with Crippen LogP contribution in [-0.4, -0.2) is 51.2 Å². The summed E-state index contributed by atoms with van der Waals surface area (Å²) in [6.45, 7) is 0. The van der Waals surface area contributed by atoms with Gasteiger partial charge in [-0.1, -0.05) is 24.3 Å². The zero-order valence-corrected chi connectivity index (χ0v) is 21.0. The van der Waals surface area contributed by atoms with Crippen molar-refractivity contribution in [3.63, 3.8) is 0 Å². The molecule has 2 N–H and O–H groups in total. The molecule has 0 saturated carbocycles. The summed E-state index contributed by atoms with van der Waals surface area (Å²) in [6.07, 6.45) is 0.656. The van der Waals surface area contributed by atoms with E-state index in [-0.39, 0.29) is 11.4 Å². The van der Waals surface area contributed by atoms with Gasteiger partial charge in [-0.15, -0.1) is 0 Å². The van der Waals surface area contributed by atoms with E-state index in [9.17, 15) is 19.8 Å². The molecule has 0 spiro atoms. The van der Waals surface area contributed by atoms with Crippen molar-refractivity contribution in [2.45, 2.75) is 6.42 Å². The highest BCUT2D eigenvalue weighted by atomic mass is 16.4. The highest BCUT2D eigenvalue weighted by molar-refractivity contribution is 5.87. The molecule has 6 rings (SSSR count). The maximum atomic E-state index is 11.4. The third-order valence-electron chi connectivity index (χ3n) is 6.69. The number of nitrogens with zero attached hydrogens (tertiary/aromatic N) is 6. The molecule has 0 radical (unpaired) electrons. The Morgan fingerprint density at radius 3 is 1.49 bits per heavy atom. The minimum absolute atomic E-state index is 0.0290. The molecule has 0 bridgehead atoms. The van der Waals surface area contributed by atoms with Gasteiger partial charge in [-0.25, -0.2) is 29.5 Å². The van der Waals surface area contributed by atoms with Gasteiger partial charge in [0.15, 0.2) is 11.6 Å². The number of hydrogen-bond donors (Lipinski definition) is 2. The maximum Gasteiger partial charge on any atom is 0.354 e. The lowest BCUT2D eigenvalue weighted by Crippen LogP contribution is -2.02. The van der Waals surface area contributed by atoms with Crippen LogP contribution in [-0.2, 0) is 20.5 Å². The fraction of sp³-hybridized carbons (Fsp3) is 0.103. The zero-order valence-electron chi connectivity index (χ0n) is 21.0. The Hall–Kier alpha value is -5.38. The SMILES string of the molecule is Cn1c(-c2cccc(C(=O)O)n2)nc2cc(Cc3ccc4c(c3)nc(-c3cccc(C(=O)O)n3)n4C)ccc21. The standard InChI is InChI=1S/C29H22N6O4/c1-34-24-11-9-16(14-22(24)32-26(34)18-5-3-7-20(30-18)28(36)37)13-17-10-12-25-23(15-17)33-27(35(25)2)19-6-4-8-21(31-19)29(38)39/h3-12,14-15H,13H2,1-2H3,(H,36,37)(H,38,39). The Morgan fingerprint density at radius 2 is 1.08 bits per heavy atom. The van der Waals surface area contributed by atoms with E-state index in [1.165, 1.54) is 12.1 Å². The molecule has 2 aromatic carbocycles. The second-order valence-corrected chi connectivity index (χ2v) is 9.24. The van der Waals surface area contributed by atoms with Crippen molar-refractivity contribution in [1.29, 1.82) is 0 Å². The molecule has 0 fully saturated rings. The van der Waals surface area contributed by atoms with E-state index in [1.807, 2.05) is 59.6 Å². The molecule has 39 heavy (non-hydrogen) atoms. The van der Waals surface area contributed by atoms with Crippen LogP contribution in [0.5, 0.6) is 0 Å². The van der Waals surface area contributed by atoms with E-state index < -0.39 is 11.9 Å². The van der Waals surface area contributed by atoms with Gasteiger partial charge in [-0.05, 0) is 66.1 Å². The van der Waals surface area contributed by atoms with Crippen LogP contribution >= 0.6 is 0 Å². The lowest BCUT2D eigenvalue weighted by atomic mass is 10.0. The van der Waals surface area contributed by atoms with Gasteiger partial charge in [-0.2, -0.15) is 0 Å². The van der Waals surface area contributed by atoms with Crippen LogP contribution in [0.3, 0.4) is 0 Å². The zero-order chi connectivity index (χ0) is 27.3. The summed E-state index contributed by atoms with van der Waals surface area (Å²) in [7, 11) is 3.76. The predicted molar refractivity (Wildman–Crippen MR) is 145 cm³/mol. The molecule has 0 unspecified atom stereocenters. The molecule has 4 heterocycles. The van der Waals surface area contributed by atoms with Crippen LogP contribution < -0.4 is 0 Å². The Bertz CT molecular complexity index is 1800. The number of aromatic carboxylic acids is 2. The second-order valence-electron chi connectivity index (χ2n) is 9.24. The summed E-state index contributed by atoms with van der Waals surface area (Å²) >= 11 is 0. The molecule has 0 amide bonds. The number of carboxylic acid groups (broad SMARTS) is 2. The Kier molecular flexibility index (Phi) is 5.64. The Morgan fingerprint density at radius 1 is 0.641 bits per heavy atom. The number of aromatic nitrogens is 6.